The van der Waals surface area contributed by atoms with Gasteiger partial charge in [-0.25, -0.2) is 14.4 Å². The Bertz CT molecular complexity index is 981. The van der Waals surface area contributed by atoms with Crippen LogP contribution in [0, 0.1) is 18.2 Å². The number of carbonyl (C=O) groups excluding carboxylic acids is 2. The fourth-order valence-corrected chi connectivity index (χ4v) is 4.48. The number of ether oxygens (including phenoxy) is 2. The van der Waals surface area contributed by atoms with Crippen LogP contribution in [0.2, 0.25) is 0 Å². The molecule has 9 heteroatoms. The zero-order valence-corrected chi connectivity index (χ0v) is 18.8. The monoisotopic (exact) mass is 456 g/mol. The minimum Gasteiger partial charge on any atom is -0.493 e. The maximum Gasteiger partial charge on any atom is 0.257 e. The van der Waals surface area contributed by atoms with Crippen LogP contribution >= 0.6 is 0 Å². The van der Waals surface area contributed by atoms with Crippen LogP contribution in [-0.4, -0.2) is 77.6 Å². The summed E-state index contributed by atoms with van der Waals surface area (Å²) in [6.07, 6.45) is 4.72. The van der Waals surface area contributed by atoms with Gasteiger partial charge in [0.05, 0.1) is 31.1 Å². The van der Waals surface area contributed by atoms with Gasteiger partial charge in [-0.3, -0.25) is 9.59 Å². The summed E-state index contributed by atoms with van der Waals surface area (Å²) in [5.74, 6) is 0.0899. The Morgan fingerprint density at radius 2 is 1.91 bits per heavy atom. The SMILES string of the molecule is Cc1ncncc1C(=O)N1CCCC(COc2ccc(F)cc2)(CC(=O)N2CCOCC2)C1. The van der Waals surface area contributed by atoms with Crippen molar-refractivity contribution >= 4 is 11.8 Å². The van der Waals surface area contributed by atoms with E-state index >= 15 is 0 Å². The number of carbonyl (C=O) groups is 2. The molecule has 2 fully saturated rings. The van der Waals surface area contributed by atoms with Crippen molar-refractivity contribution in [3.8, 4) is 5.75 Å². The van der Waals surface area contributed by atoms with Gasteiger partial charge in [0.1, 0.15) is 17.9 Å². The van der Waals surface area contributed by atoms with E-state index in [-0.39, 0.29) is 30.7 Å². The number of hydrogen-bond donors (Lipinski definition) is 0. The van der Waals surface area contributed by atoms with Crippen LogP contribution in [0.4, 0.5) is 4.39 Å². The smallest absolute Gasteiger partial charge is 0.257 e. The Morgan fingerprint density at radius 3 is 2.64 bits per heavy atom. The first-order valence-corrected chi connectivity index (χ1v) is 11.3. The second-order valence-corrected chi connectivity index (χ2v) is 8.76. The van der Waals surface area contributed by atoms with Crippen molar-refractivity contribution in [2.75, 3.05) is 46.0 Å². The quantitative estimate of drug-likeness (QED) is 0.664. The molecule has 1 atom stereocenters. The normalized spacial score (nSPS) is 21.0. The van der Waals surface area contributed by atoms with E-state index in [1.54, 1.807) is 24.0 Å². The number of nitrogens with zero attached hydrogens (tertiary/aromatic N) is 4. The molecular weight excluding hydrogens is 427 g/mol. The van der Waals surface area contributed by atoms with E-state index in [0.717, 1.165) is 12.8 Å². The molecule has 0 aliphatic carbocycles. The summed E-state index contributed by atoms with van der Waals surface area (Å²) in [6.45, 7) is 5.21. The Hall–Kier alpha value is -3.07. The number of hydrogen-bond acceptors (Lipinski definition) is 6. The van der Waals surface area contributed by atoms with Gasteiger partial charge in [-0.15, -0.1) is 0 Å². The molecule has 2 amide bonds. The van der Waals surface area contributed by atoms with Crippen LogP contribution < -0.4 is 4.74 Å². The summed E-state index contributed by atoms with van der Waals surface area (Å²) < 4.78 is 24.7. The van der Waals surface area contributed by atoms with Gasteiger partial charge in [0.2, 0.25) is 5.91 Å². The minimum absolute atomic E-state index is 0.0366. The number of amides is 2. The number of morpholine rings is 1. The molecule has 0 N–H and O–H groups in total. The average molecular weight is 457 g/mol. The third-order valence-electron chi connectivity index (χ3n) is 6.34. The summed E-state index contributed by atoms with van der Waals surface area (Å²) in [4.78, 5) is 38.2. The van der Waals surface area contributed by atoms with Crippen molar-refractivity contribution in [3.63, 3.8) is 0 Å². The predicted octanol–water partition coefficient (Wildman–Crippen LogP) is 2.47. The van der Waals surface area contributed by atoms with Crippen LogP contribution in [0.25, 0.3) is 0 Å². The first-order valence-electron chi connectivity index (χ1n) is 11.3. The van der Waals surface area contributed by atoms with Crippen molar-refractivity contribution in [2.24, 2.45) is 5.41 Å². The molecular formula is C24H29FN4O4. The van der Waals surface area contributed by atoms with Crippen LogP contribution in [0.1, 0.15) is 35.3 Å². The molecule has 2 aromatic rings. The summed E-state index contributed by atoms with van der Waals surface area (Å²) in [7, 11) is 0. The molecule has 0 radical (unpaired) electrons. The summed E-state index contributed by atoms with van der Waals surface area (Å²) in [6, 6.07) is 5.83. The summed E-state index contributed by atoms with van der Waals surface area (Å²) in [5, 5.41) is 0. The van der Waals surface area contributed by atoms with Gasteiger partial charge >= 0.3 is 0 Å². The number of benzene rings is 1. The number of aromatic nitrogens is 2. The zero-order chi connectivity index (χ0) is 23.3. The fourth-order valence-electron chi connectivity index (χ4n) is 4.48. The maximum absolute atomic E-state index is 13.3. The van der Waals surface area contributed by atoms with Crippen LogP contribution in [0.5, 0.6) is 5.75 Å². The number of rotatable bonds is 6. The van der Waals surface area contributed by atoms with Crippen molar-refractivity contribution in [2.45, 2.75) is 26.2 Å². The summed E-state index contributed by atoms with van der Waals surface area (Å²) >= 11 is 0. The second-order valence-electron chi connectivity index (χ2n) is 8.76. The highest BCUT2D eigenvalue weighted by Gasteiger charge is 2.41. The molecule has 0 saturated carbocycles. The van der Waals surface area contributed by atoms with E-state index in [4.69, 9.17) is 9.47 Å². The van der Waals surface area contributed by atoms with Gasteiger partial charge in [-0.1, -0.05) is 0 Å². The van der Waals surface area contributed by atoms with Gasteiger partial charge in [0, 0.05) is 44.2 Å². The van der Waals surface area contributed by atoms with Crippen molar-refractivity contribution in [3.05, 3.63) is 53.9 Å². The molecule has 2 saturated heterocycles. The highest BCUT2D eigenvalue weighted by atomic mass is 19.1. The van der Waals surface area contributed by atoms with Crippen molar-refractivity contribution in [1.82, 2.24) is 19.8 Å². The molecule has 0 bridgehead atoms. The van der Waals surface area contributed by atoms with E-state index in [1.165, 1.54) is 24.7 Å². The molecule has 1 aromatic carbocycles. The van der Waals surface area contributed by atoms with E-state index in [9.17, 15) is 14.0 Å². The fraction of sp³-hybridized carbons (Fsp3) is 0.500. The van der Waals surface area contributed by atoms with E-state index in [1.807, 2.05) is 4.90 Å². The number of piperidine rings is 1. The molecule has 176 valence electrons. The third-order valence-corrected chi connectivity index (χ3v) is 6.34. The van der Waals surface area contributed by atoms with Crippen LogP contribution in [-0.2, 0) is 9.53 Å². The highest BCUT2D eigenvalue weighted by Crippen LogP contribution is 2.36. The minimum atomic E-state index is -0.554. The van der Waals surface area contributed by atoms with Crippen molar-refractivity contribution in [1.29, 1.82) is 0 Å². The van der Waals surface area contributed by atoms with E-state index in [0.29, 0.717) is 56.4 Å². The lowest BCUT2D eigenvalue weighted by molar-refractivity contribution is -0.139. The molecule has 33 heavy (non-hydrogen) atoms. The number of halogens is 1. The average Bonchev–Trinajstić information content (AvgIpc) is 2.84. The predicted molar refractivity (Wildman–Crippen MR) is 118 cm³/mol. The van der Waals surface area contributed by atoms with Crippen LogP contribution in [0.3, 0.4) is 0 Å². The Kier molecular flexibility index (Phi) is 7.17. The summed E-state index contributed by atoms with van der Waals surface area (Å²) in [5.41, 5.74) is 0.534. The van der Waals surface area contributed by atoms with E-state index < -0.39 is 5.41 Å². The van der Waals surface area contributed by atoms with Gasteiger partial charge in [0.15, 0.2) is 0 Å². The lowest BCUT2D eigenvalue weighted by Gasteiger charge is -2.43. The van der Waals surface area contributed by atoms with Gasteiger partial charge in [0.25, 0.3) is 5.91 Å². The Balaban J connectivity index is 1.54. The maximum atomic E-state index is 13.3. The Labute approximate surface area is 192 Å². The van der Waals surface area contributed by atoms with Gasteiger partial charge < -0.3 is 19.3 Å². The number of aryl methyl sites for hydroxylation is 1. The molecule has 2 aliphatic rings. The molecule has 4 rings (SSSR count). The molecule has 0 spiro atoms. The lowest BCUT2D eigenvalue weighted by atomic mass is 9.77. The molecule has 2 aliphatic heterocycles. The first kappa shape index (κ1) is 23.1. The molecule has 1 aromatic heterocycles. The van der Waals surface area contributed by atoms with Crippen LogP contribution in [0.15, 0.2) is 36.8 Å². The van der Waals surface area contributed by atoms with E-state index in [2.05, 4.69) is 9.97 Å². The zero-order valence-electron chi connectivity index (χ0n) is 18.8. The molecule has 8 nitrogen and oxygen atoms in total. The first-order chi connectivity index (χ1) is 16.0. The topological polar surface area (TPSA) is 84.9 Å². The standard InChI is InChI=1S/C24H29FN4O4/c1-18-21(14-26-17-27-18)23(31)29-8-2-7-24(15-29,13-22(30)28-9-11-32-12-10-28)16-33-20-5-3-19(25)4-6-20/h3-6,14,17H,2,7-13,15-16H2,1H3. The van der Waals surface area contributed by atoms with Gasteiger partial charge in [-0.2, -0.15) is 0 Å². The highest BCUT2D eigenvalue weighted by molar-refractivity contribution is 5.95. The lowest BCUT2D eigenvalue weighted by Crippen LogP contribution is -2.52. The van der Waals surface area contributed by atoms with Gasteiger partial charge in [-0.05, 0) is 44.0 Å². The third kappa shape index (κ3) is 5.65. The van der Waals surface area contributed by atoms with Crippen molar-refractivity contribution < 1.29 is 23.5 Å². The largest absolute Gasteiger partial charge is 0.493 e. The second kappa shape index (κ2) is 10.2. The molecule has 3 heterocycles. The Morgan fingerprint density at radius 1 is 1.15 bits per heavy atom. The molecule has 1 unspecified atom stereocenters. The number of likely N-dealkylation sites (tertiary alicyclic amines) is 1.